The Hall–Kier alpha value is -0.830. The second-order valence-electron chi connectivity index (χ2n) is 8.40. The van der Waals surface area contributed by atoms with Gasteiger partial charge in [0.1, 0.15) is 12.1 Å². The molecule has 2 aliphatic rings. The third kappa shape index (κ3) is 7.07. The number of carbonyl (C=O) groups is 1. The van der Waals surface area contributed by atoms with Crippen LogP contribution in [0.3, 0.4) is 0 Å². The normalized spacial score (nSPS) is 22.6. The number of hydrogen-bond donors (Lipinski definition) is 1. The molecule has 1 N–H and O–H groups in total. The molecule has 3 nitrogen and oxygen atoms in total. The number of carbonyl (C=O) groups excluding carboxylic acids is 1. The van der Waals surface area contributed by atoms with Gasteiger partial charge in [0.15, 0.2) is 0 Å². The smallest absolute Gasteiger partial charge is 0.323 e. The third-order valence-corrected chi connectivity index (χ3v) is 4.90. The van der Waals surface area contributed by atoms with Gasteiger partial charge < -0.3 is 10.1 Å². The molecule has 0 bridgehead atoms. The van der Waals surface area contributed by atoms with Crippen molar-refractivity contribution in [1.82, 2.24) is 5.32 Å². The first-order chi connectivity index (χ1) is 10.9. The minimum atomic E-state index is -0.183. The lowest BCUT2D eigenvalue weighted by Crippen LogP contribution is -2.45. The molecule has 0 aromatic carbocycles. The SMILES string of the molecule is CC(C)(C)/C=C/C[C@@H](NC1CCCCC1)C(=O)OC1CCCC1. The molecule has 0 aliphatic heterocycles. The summed E-state index contributed by atoms with van der Waals surface area (Å²) >= 11 is 0. The van der Waals surface area contributed by atoms with Gasteiger partial charge in [-0.2, -0.15) is 0 Å². The Morgan fingerprint density at radius 3 is 2.30 bits per heavy atom. The molecule has 0 spiro atoms. The quantitative estimate of drug-likeness (QED) is 0.566. The zero-order valence-electron chi connectivity index (χ0n) is 15.3. The minimum Gasteiger partial charge on any atom is -0.461 e. The Balaban J connectivity index is 1.91. The largest absolute Gasteiger partial charge is 0.461 e. The summed E-state index contributed by atoms with van der Waals surface area (Å²) in [4.78, 5) is 12.6. The van der Waals surface area contributed by atoms with Gasteiger partial charge in [0.2, 0.25) is 0 Å². The molecule has 132 valence electrons. The van der Waals surface area contributed by atoms with E-state index in [1.54, 1.807) is 0 Å². The maximum Gasteiger partial charge on any atom is 0.323 e. The van der Waals surface area contributed by atoms with Gasteiger partial charge in [0.05, 0.1) is 0 Å². The number of ether oxygens (including phenoxy) is 1. The summed E-state index contributed by atoms with van der Waals surface area (Å²) in [5, 5.41) is 3.59. The van der Waals surface area contributed by atoms with Crippen molar-refractivity contribution in [2.75, 3.05) is 0 Å². The van der Waals surface area contributed by atoms with Gasteiger partial charge in [-0.05, 0) is 50.4 Å². The molecule has 0 heterocycles. The summed E-state index contributed by atoms with van der Waals surface area (Å²) < 4.78 is 5.76. The van der Waals surface area contributed by atoms with E-state index in [4.69, 9.17) is 4.74 Å². The second kappa shape index (κ2) is 8.86. The standard InChI is InChI=1S/C20H35NO2/c1-20(2,3)15-9-14-18(21-16-10-5-4-6-11-16)19(22)23-17-12-7-8-13-17/h9,15-18,21H,4-8,10-14H2,1-3H3/b15-9+/t18-/m1/s1. The molecule has 2 aliphatic carbocycles. The highest BCUT2D eigenvalue weighted by Gasteiger charge is 2.27. The average Bonchev–Trinajstić information content (AvgIpc) is 2.99. The topological polar surface area (TPSA) is 38.3 Å². The third-order valence-electron chi connectivity index (χ3n) is 4.90. The summed E-state index contributed by atoms with van der Waals surface area (Å²) in [5.41, 5.74) is 0.157. The average molecular weight is 322 g/mol. The van der Waals surface area contributed by atoms with Crippen LogP contribution in [0.25, 0.3) is 0 Å². The van der Waals surface area contributed by atoms with E-state index in [0.717, 1.165) is 19.3 Å². The molecule has 0 radical (unpaired) electrons. The molecule has 0 aromatic heterocycles. The molecular formula is C20H35NO2. The summed E-state index contributed by atoms with van der Waals surface area (Å²) in [5.74, 6) is -0.0407. The highest BCUT2D eigenvalue weighted by atomic mass is 16.5. The summed E-state index contributed by atoms with van der Waals surface area (Å²) in [7, 11) is 0. The van der Waals surface area contributed by atoms with Gasteiger partial charge in [-0.15, -0.1) is 0 Å². The van der Waals surface area contributed by atoms with E-state index in [1.807, 2.05) is 0 Å². The predicted molar refractivity (Wildman–Crippen MR) is 95.4 cm³/mol. The Bertz CT molecular complexity index is 385. The number of nitrogens with one attached hydrogen (secondary N) is 1. The van der Waals surface area contributed by atoms with Crippen molar-refractivity contribution >= 4 is 5.97 Å². The van der Waals surface area contributed by atoms with Gasteiger partial charge in [-0.25, -0.2) is 0 Å². The van der Waals surface area contributed by atoms with Crippen LogP contribution in [0.1, 0.15) is 85.0 Å². The van der Waals surface area contributed by atoms with Crippen molar-refractivity contribution in [2.45, 2.75) is 103 Å². The fourth-order valence-corrected chi connectivity index (χ4v) is 3.60. The van der Waals surface area contributed by atoms with Crippen LogP contribution in [0.5, 0.6) is 0 Å². The van der Waals surface area contributed by atoms with E-state index in [0.29, 0.717) is 6.04 Å². The van der Waals surface area contributed by atoms with Crippen molar-refractivity contribution in [3.8, 4) is 0 Å². The van der Waals surface area contributed by atoms with Gasteiger partial charge in [-0.1, -0.05) is 52.2 Å². The van der Waals surface area contributed by atoms with Crippen molar-refractivity contribution in [1.29, 1.82) is 0 Å². The van der Waals surface area contributed by atoms with Crippen LogP contribution < -0.4 is 5.32 Å². The van der Waals surface area contributed by atoms with Gasteiger partial charge in [-0.3, -0.25) is 4.79 Å². The van der Waals surface area contributed by atoms with Crippen LogP contribution in [0, 0.1) is 5.41 Å². The fourth-order valence-electron chi connectivity index (χ4n) is 3.60. The van der Waals surface area contributed by atoms with E-state index in [2.05, 4.69) is 38.2 Å². The highest BCUT2D eigenvalue weighted by Crippen LogP contribution is 2.23. The van der Waals surface area contributed by atoms with Crippen LogP contribution in [0.2, 0.25) is 0 Å². The Morgan fingerprint density at radius 1 is 1.09 bits per heavy atom. The zero-order valence-corrected chi connectivity index (χ0v) is 15.3. The predicted octanol–water partition coefficient (Wildman–Crippen LogP) is 4.76. The van der Waals surface area contributed by atoms with Gasteiger partial charge >= 0.3 is 5.97 Å². The maximum atomic E-state index is 12.6. The molecular weight excluding hydrogens is 286 g/mol. The fraction of sp³-hybridized carbons (Fsp3) is 0.850. The van der Waals surface area contributed by atoms with Gasteiger partial charge in [0, 0.05) is 6.04 Å². The Morgan fingerprint density at radius 2 is 1.70 bits per heavy atom. The zero-order chi connectivity index (χ0) is 16.7. The van der Waals surface area contributed by atoms with Crippen molar-refractivity contribution in [3.05, 3.63) is 12.2 Å². The molecule has 0 saturated heterocycles. The van der Waals surface area contributed by atoms with E-state index in [-0.39, 0.29) is 23.5 Å². The number of allylic oxidation sites excluding steroid dienone is 1. The Labute approximate surface area is 142 Å². The number of esters is 1. The monoisotopic (exact) mass is 321 g/mol. The van der Waals surface area contributed by atoms with Crippen LogP contribution >= 0.6 is 0 Å². The maximum absolute atomic E-state index is 12.6. The molecule has 0 aromatic rings. The minimum absolute atomic E-state index is 0.0407. The molecule has 23 heavy (non-hydrogen) atoms. The first kappa shape index (κ1) is 18.5. The van der Waals surface area contributed by atoms with E-state index < -0.39 is 0 Å². The molecule has 0 unspecified atom stereocenters. The van der Waals surface area contributed by atoms with Gasteiger partial charge in [0.25, 0.3) is 0 Å². The lowest BCUT2D eigenvalue weighted by Gasteiger charge is -2.28. The first-order valence-corrected chi connectivity index (χ1v) is 9.58. The van der Waals surface area contributed by atoms with E-state index in [9.17, 15) is 4.79 Å². The lowest BCUT2D eigenvalue weighted by atomic mass is 9.93. The van der Waals surface area contributed by atoms with Crippen LogP contribution in [-0.4, -0.2) is 24.2 Å². The molecule has 3 heteroatoms. The summed E-state index contributed by atoms with van der Waals surface area (Å²) in [6.45, 7) is 6.55. The molecule has 1 atom stereocenters. The molecule has 2 saturated carbocycles. The van der Waals surface area contributed by atoms with E-state index in [1.165, 1.54) is 44.9 Å². The van der Waals surface area contributed by atoms with Crippen LogP contribution in [0.15, 0.2) is 12.2 Å². The highest BCUT2D eigenvalue weighted by molar-refractivity contribution is 5.76. The first-order valence-electron chi connectivity index (χ1n) is 9.58. The second-order valence-corrected chi connectivity index (χ2v) is 8.40. The molecule has 0 amide bonds. The summed E-state index contributed by atoms with van der Waals surface area (Å²) in [6, 6.07) is 0.296. The van der Waals surface area contributed by atoms with Crippen molar-refractivity contribution in [2.24, 2.45) is 5.41 Å². The van der Waals surface area contributed by atoms with Crippen molar-refractivity contribution < 1.29 is 9.53 Å². The van der Waals surface area contributed by atoms with E-state index >= 15 is 0 Å². The lowest BCUT2D eigenvalue weighted by molar-refractivity contribution is -0.151. The molecule has 2 fully saturated rings. The van der Waals surface area contributed by atoms with Crippen LogP contribution in [-0.2, 0) is 9.53 Å². The number of rotatable bonds is 6. The molecule has 2 rings (SSSR count). The Kier molecular flexibility index (Phi) is 7.13. The summed E-state index contributed by atoms with van der Waals surface area (Å²) in [6.07, 6.45) is 16.0. The number of hydrogen-bond acceptors (Lipinski definition) is 3. The van der Waals surface area contributed by atoms with Crippen LogP contribution in [0.4, 0.5) is 0 Å². The van der Waals surface area contributed by atoms with Crippen molar-refractivity contribution in [3.63, 3.8) is 0 Å².